The van der Waals surface area contributed by atoms with Gasteiger partial charge in [0.1, 0.15) is 0 Å². The summed E-state index contributed by atoms with van der Waals surface area (Å²) in [4.78, 5) is 12.6. The van der Waals surface area contributed by atoms with Gasteiger partial charge in [-0.1, -0.05) is 68.0 Å². The first kappa shape index (κ1) is 16.6. The zero-order valence-electron chi connectivity index (χ0n) is 13.3. The SMILES string of the molecule is Cc1cccc(C(=O)NC(C2=CC=CCC=C2)C(C)C)c1Cl. The number of nitrogens with one attached hydrogen (secondary N) is 1. The van der Waals surface area contributed by atoms with Crippen LogP contribution in [-0.2, 0) is 0 Å². The molecular weight excluding hydrogens is 294 g/mol. The number of hydrogen-bond acceptors (Lipinski definition) is 1. The Morgan fingerprint density at radius 2 is 2.05 bits per heavy atom. The highest BCUT2D eigenvalue weighted by Crippen LogP contribution is 2.22. The molecule has 1 aliphatic rings. The highest BCUT2D eigenvalue weighted by Gasteiger charge is 2.21. The molecule has 1 N–H and O–H groups in total. The lowest BCUT2D eigenvalue weighted by molar-refractivity contribution is 0.0934. The minimum Gasteiger partial charge on any atom is -0.345 e. The molecule has 1 atom stereocenters. The largest absolute Gasteiger partial charge is 0.345 e. The predicted molar refractivity (Wildman–Crippen MR) is 93.3 cm³/mol. The zero-order chi connectivity index (χ0) is 16.1. The summed E-state index contributed by atoms with van der Waals surface area (Å²) in [6.45, 7) is 6.11. The van der Waals surface area contributed by atoms with Gasteiger partial charge in [-0.2, -0.15) is 0 Å². The van der Waals surface area contributed by atoms with Crippen LogP contribution < -0.4 is 5.32 Å². The average Bonchev–Trinajstić information content (AvgIpc) is 2.76. The fourth-order valence-electron chi connectivity index (χ4n) is 2.48. The van der Waals surface area contributed by atoms with Crippen LogP contribution in [0.3, 0.4) is 0 Å². The van der Waals surface area contributed by atoms with Crippen LogP contribution >= 0.6 is 11.6 Å². The molecule has 0 radical (unpaired) electrons. The number of carbonyl (C=O) groups is 1. The van der Waals surface area contributed by atoms with Gasteiger partial charge >= 0.3 is 0 Å². The Balaban J connectivity index is 2.25. The molecule has 116 valence electrons. The molecule has 0 saturated heterocycles. The molecule has 2 nitrogen and oxygen atoms in total. The van der Waals surface area contributed by atoms with Gasteiger partial charge in [0.2, 0.25) is 0 Å². The molecule has 1 unspecified atom stereocenters. The number of hydrogen-bond donors (Lipinski definition) is 1. The Morgan fingerprint density at radius 3 is 2.77 bits per heavy atom. The molecule has 0 aromatic heterocycles. The van der Waals surface area contributed by atoms with Crippen LogP contribution in [0.25, 0.3) is 0 Å². The van der Waals surface area contributed by atoms with Gasteiger partial charge in [0, 0.05) is 0 Å². The van der Waals surface area contributed by atoms with Gasteiger partial charge in [-0.25, -0.2) is 0 Å². The van der Waals surface area contributed by atoms with Gasteiger partial charge in [0.15, 0.2) is 0 Å². The van der Waals surface area contributed by atoms with E-state index in [0.29, 0.717) is 10.6 Å². The monoisotopic (exact) mass is 315 g/mol. The quantitative estimate of drug-likeness (QED) is 0.846. The third-order valence-electron chi connectivity index (χ3n) is 3.76. The first-order valence-electron chi connectivity index (χ1n) is 7.60. The van der Waals surface area contributed by atoms with Crippen LogP contribution in [0.2, 0.25) is 5.02 Å². The molecule has 2 rings (SSSR count). The van der Waals surface area contributed by atoms with Crippen molar-refractivity contribution in [1.29, 1.82) is 0 Å². The lowest BCUT2D eigenvalue weighted by Crippen LogP contribution is -2.39. The highest BCUT2D eigenvalue weighted by molar-refractivity contribution is 6.34. The van der Waals surface area contributed by atoms with E-state index < -0.39 is 0 Å². The van der Waals surface area contributed by atoms with Crippen LogP contribution in [0.15, 0.2) is 54.2 Å². The molecule has 0 heterocycles. The van der Waals surface area contributed by atoms with Crippen LogP contribution in [0.1, 0.15) is 36.2 Å². The lowest BCUT2D eigenvalue weighted by Gasteiger charge is -2.24. The molecule has 1 aromatic rings. The second kappa shape index (κ2) is 7.46. The molecule has 1 amide bonds. The Bertz CT molecular complexity index is 641. The van der Waals surface area contributed by atoms with Crippen molar-refractivity contribution in [3.8, 4) is 0 Å². The van der Waals surface area contributed by atoms with Crippen molar-refractivity contribution in [2.45, 2.75) is 33.2 Å². The molecule has 0 aliphatic heterocycles. The summed E-state index contributed by atoms with van der Waals surface area (Å²) < 4.78 is 0. The number of rotatable bonds is 4. The average molecular weight is 316 g/mol. The molecule has 3 heteroatoms. The van der Waals surface area contributed by atoms with Crippen molar-refractivity contribution in [2.75, 3.05) is 0 Å². The summed E-state index contributed by atoms with van der Waals surface area (Å²) in [6, 6.07) is 5.48. The molecule has 0 fully saturated rings. The topological polar surface area (TPSA) is 29.1 Å². The minimum absolute atomic E-state index is 0.0388. The van der Waals surface area contributed by atoms with Gasteiger partial charge in [0.25, 0.3) is 5.91 Å². The third kappa shape index (κ3) is 3.89. The van der Waals surface area contributed by atoms with Gasteiger partial charge in [-0.15, -0.1) is 0 Å². The molecule has 0 spiro atoms. The fourth-order valence-corrected chi connectivity index (χ4v) is 2.69. The second-order valence-electron chi connectivity index (χ2n) is 5.86. The number of allylic oxidation sites excluding steroid dienone is 4. The molecule has 1 aliphatic carbocycles. The molecular formula is C19H22ClNO. The summed E-state index contributed by atoms with van der Waals surface area (Å²) in [5, 5.41) is 3.64. The van der Waals surface area contributed by atoms with E-state index in [0.717, 1.165) is 17.6 Å². The van der Waals surface area contributed by atoms with E-state index in [1.807, 2.05) is 25.1 Å². The molecule has 1 aromatic carbocycles. The summed E-state index contributed by atoms with van der Waals surface area (Å²) in [5.41, 5.74) is 2.55. The summed E-state index contributed by atoms with van der Waals surface area (Å²) in [5.74, 6) is 0.157. The smallest absolute Gasteiger partial charge is 0.253 e. The lowest BCUT2D eigenvalue weighted by atomic mass is 9.94. The molecule has 0 bridgehead atoms. The minimum atomic E-state index is -0.130. The normalized spacial score (nSPS) is 15.4. The van der Waals surface area contributed by atoms with Crippen molar-refractivity contribution >= 4 is 17.5 Å². The van der Waals surface area contributed by atoms with Gasteiger partial charge in [-0.05, 0) is 36.5 Å². The van der Waals surface area contributed by atoms with Crippen molar-refractivity contribution in [3.05, 3.63) is 70.3 Å². The Kier molecular flexibility index (Phi) is 5.62. The Labute approximate surface area is 137 Å². The Hall–Kier alpha value is -1.80. The van der Waals surface area contributed by atoms with E-state index in [2.05, 4.69) is 43.5 Å². The number of halogens is 1. The second-order valence-corrected chi connectivity index (χ2v) is 6.24. The standard InChI is InChI=1S/C19H22ClNO/c1-13(2)18(15-10-6-4-5-7-11-15)21-19(22)16-12-8-9-14(3)17(16)20/h4,6-13,18H,5H2,1-3H3,(H,21,22). The number of aryl methyl sites for hydroxylation is 1. The van der Waals surface area contributed by atoms with E-state index in [9.17, 15) is 4.79 Å². The number of carbonyl (C=O) groups excluding carboxylic acids is 1. The van der Waals surface area contributed by atoms with E-state index in [1.165, 1.54) is 0 Å². The number of amides is 1. The molecule has 0 saturated carbocycles. The van der Waals surface area contributed by atoms with Gasteiger partial charge in [-0.3, -0.25) is 4.79 Å². The summed E-state index contributed by atoms with van der Waals surface area (Å²) in [6.07, 6.45) is 11.3. The van der Waals surface area contributed by atoms with Crippen LogP contribution in [0.4, 0.5) is 0 Å². The fraction of sp³-hybridized carbons (Fsp3) is 0.316. The first-order valence-corrected chi connectivity index (χ1v) is 7.97. The first-order chi connectivity index (χ1) is 10.5. The van der Waals surface area contributed by atoms with E-state index in [-0.39, 0.29) is 17.9 Å². The Morgan fingerprint density at radius 1 is 1.27 bits per heavy atom. The van der Waals surface area contributed by atoms with Crippen LogP contribution in [0.5, 0.6) is 0 Å². The van der Waals surface area contributed by atoms with Crippen LogP contribution in [-0.4, -0.2) is 11.9 Å². The highest BCUT2D eigenvalue weighted by atomic mass is 35.5. The van der Waals surface area contributed by atoms with Gasteiger partial charge < -0.3 is 5.32 Å². The maximum absolute atomic E-state index is 12.6. The maximum Gasteiger partial charge on any atom is 0.253 e. The van der Waals surface area contributed by atoms with Crippen molar-refractivity contribution in [2.24, 2.45) is 5.92 Å². The third-order valence-corrected chi connectivity index (χ3v) is 4.26. The van der Waals surface area contributed by atoms with E-state index in [4.69, 9.17) is 11.6 Å². The summed E-state index contributed by atoms with van der Waals surface area (Å²) >= 11 is 6.26. The van der Waals surface area contributed by atoms with Crippen LogP contribution in [0, 0.1) is 12.8 Å². The molecule has 22 heavy (non-hydrogen) atoms. The predicted octanol–water partition coefficient (Wildman–Crippen LogP) is 4.85. The van der Waals surface area contributed by atoms with Crippen molar-refractivity contribution in [1.82, 2.24) is 5.32 Å². The number of benzene rings is 1. The zero-order valence-corrected chi connectivity index (χ0v) is 14.0. The van der Waals surface area contributed by atoms with E-state index in [1.54, 1.807) is 6.07 Å². The van der Waals surface area contributed by atoms with E-state index >= 15 is 0 Å². The summed E-state index contributed by atoms with van der Waals surface area (Å²) in [7, 11) is 0. The maximum atomic E-state index is 12.6. The van der Waals surface area contributed by atoms with Crippen molar-refractivity contribution in [3.63, 3.8) is 0 Å². The van der Waals surface area contributed by atoms with Crippen molar-refractivity contribution < 1.29 is 4.79 Å². The van der Waals surface area contributed by atoms with Gasteiger partial charge in [0.05, 0.1) is 16.6 Å².